The van der Waals surface area contributed by atoms with E-state index in [9.17, 15) is 9.59 Å². The minimum absolute atomic E-state index is 0.122. The molecule has 33 heavy (non-hydrogen) atoms. The Balaban J connectivity index is 1.28. The van der Waals surface area contributed by atoms with Crippen LogP contribution < -0.4 is 15.6 Å². The van der Waals surface area contributed by atoms with Crippen LogP contribution in [0, 0.1) is 0 Å². The van der Waals surface area contributed by atoms with Crippen molar-refractivity contribution in [2.24, 2.45) is 0 Å². The van der Waals surface area contributed by atoms with E-state index < -0.39 is 0 Å². The van der Waals surface area contributed by atoms with Gasteiger partial charge in [0.05, 0.1) is 11.8 Å². The Kier molecular flexibility index (Phi) is 5.70. The molecule has 0 fully saturated rings. The summed E-state index contributed by atoms with van der Waals surface area (Å²) in [4.78, 5) is 29.9. The number of nitrogens with one attached hydrogen (secondary N) is 1. The molecule has 0 bridgehead atoms. The molecule has 0 aliphatic rings. The molecule has 1 amide bonds. The van der Waals surface area contributed by atoms with Gasteiger partial charge in [0.15, 0.2) is 0 Å². The number of anilines is 1. The van der Waals surface area contributed by atoms with Crippen LogP contribution in [0.3, 0.4) is 0 Å². The number of rotatable bonds is 6. The van der Waals surface area contributed by atoms with E-state index in [1.807, 2.05) is 66.0 Å². The van der Waals surface area contributed by atoms with Gasteiger partial charge in [-0.25, -0.2) is 4.98 Å². The summed E-state index contributed by atoms with van der Waals surface area (Å²) in [7, 11) is 0. The van der Waals surface area contributed by atoms with E-state index in [1.165, 1.54) is 22.2 Å². The molecule has 0 aliphatic carbocycles. The van der Waals surface area contributed by atoms with Crippen molar-refractivity contribution in [3.05, 3.63) is 107 Å². The van der Waals surface area contributed by atoms with Gasteiger partial charge in [-0.1, -0.05) is 48.5 Å². The zero-order chi connectivity index (χ0) is 22.6. The standard InChI is InChI=1S/C26H19N3O3S/c30-23(28-19-11-13-21(14-12-19)32-20-9-5-2-6-10-20)15-29-17-27-24-22(16-33-25(24)26(29)31)18-7-3-1-4-8-18/h1-14,16-17H,15H2,(H,28,30). The Labute approximate surface area is 193 Å². The molecule has 0 radical (unpaired) electrons. The van der Waals surface area contributed by atoms with Crippen LogP contribution in [0.25, 0.3) is 21.3 Å². The van der Waals surface area contributed by atoms with E-state index in [0.717, 1.165) is 16.9 Å². The number of carbonyl (C=O) groups excluding carboxylic acids is 1. The van der Waals surface area contributed by atoms with Crippen LogP contribution in [0.1, 0.15) is 0 Å². The highest BCUT2D eigenvalue weighted by Crippen LogP contribution is 2.30. The number of hydrogen-bond acceptors (Lipinski definition) is 5. The highest BCUT2D eigenvalue weighted by Gasteiger charge is 2.14. The topological polar surface area (TPSA) is 73.2 Å². The molecular weight excluding hydrogens is 434 g/mol. The second kappa shape index (κ2) is 9.10. The van der Waals surface area contributed by atoms with Crippen molar-refractivity contribution in [1.29, 1.82) is 0 Å². The van der Waals surface area contributed by atoms with Crippen LogP contribution in [0.15, 0.2) is 101 Å². The fourth-order valence-electron chi connectivity index (χ4n) is 3.46. The number of ether oxygens (including phenoxy) is 1. The first kappa shape index (κ1) is 20.7. The molecule has 162 valence electrons. The number of nitrogens with zero attached hydrogens (tertiary/aromatic N) is 2. The molecule has 2 heterocycles. The predicted molar refractivity (Wildman–Crippen MR) is 131 cm³/mol. The van der Waals surface area contributed by atoms with Gasteiger partial charge in [-0.05, 0) is 42.0 Å². The molecule has 0 saturated carbocycles. The van der Waals surface area contributed by atoms with E-state index in [4.69, 9.17) is 4.74 Å². The SMILES string of the molecule is O=C(Cn1cnc2c(-c3ccccc3)csc2c1=O)Nc1ccc(Oc2ccccc2)cc1. The second-order valence-electron chi connectivity index (χ2n) is 7.36. The molecule has 5 rings (SSSR count). The highest BCUT2D eigenvalue weighted by atomic mass is 32.1. The molecule has 0 spiro atoms. The van der Waals surface area contributed by atoms with Gasteiger partial charge in [-0.3, -0.25) is 14.2 Å². The Morgan fingerprint density at radius 3 is 2.30 bits per heavy atom. The summed E-state index contributed by atoms with van der Waals surface area (Å²) in [6, 6.07) is 26.3. The maximum Gasteiger partial charge on any atom is 0.271 e. The summed E-state index contributed by atoms with van der Waals surface area (Å²) in [6.07, 6.45) is 1.43. The van der Waals surface area contributed by atoms with Crippen molar-refractivity contribution in [3.63, 3.8) is 0 Å². The number of aromatic nitrogens is 2. The number of amides is 1. The average Bonchev–Trinajstić information content (AvgIpc) is 3.28. The Bertz CT molecular complexity index is 1460. The van der Waals surface area contributed by atoms with E-state index in [2.05, 4.69) is 10.3 Å². The summed E-state index contributed by atoms with van der Waals surface area (Å²) in [5.41, 5.74) is 2.97. The summed E-state index contributed by atoms with van der Waals surface area (Å²) < 4.78 is 7.62. The number of carbonyl (C=O) groups is 1. The number of thiophene rings is 1. The van der Waals surface area contributed by atoms with Gasteiger partial charge in [0.25, 0.3) is 5.56 Å². The predicted octanol–water partition coefficient (Wildman–Crippen LogP) is 5.56. The maximum atomic E-state index is 12.9. The number of para-hydroxylation sites is 1. The normalized spacial score (nSPS) is 10.8. The van der Waals surface area contributed by atoms with Crippen LogP contribution in [0.4, 0.5) is 5.69 Å². The van der Waals surface area contributed by atoms with Crippen molar-refractivity contribution in [3.8, 4) is 22.6 Å². The molecule has 2 aromatic heterocycles. The Hall–Kier alpha value is -4.23. The van der Waals surface area contributed by atoms with Gasteiger partial charge in [-0.15, -0.1) is 11.3 Å². The zero-order valence-electron chi connectivity index (χ0n) is 17.5. The lowest BCUT2D eigenvalue weighted by atomic mass is 10.1. The van der Waals surface area contributed by atoms with Crippen molar-refractivity contribution < 1.29 is 9.53 Å². The monoisotopic (exact) mass is 453 g/mol. The second-order valence-corrected chi connectivity index (χ2v) is 8.24. The number of fused-ring (bicyclic) bond motifs is 1. The Morgan fingerprint density at radius 2 is 1.58 bits per heavy atom. The molecule has 5 aromatic rings. The van der Waals surface area contributed by atoms with Gasteiger partial charge in [0, 0.05) is 16.6 Å². The molecule has 7 heteroatoms. The smallest absolute Gasteiger partial charge is 0.271 e. The molecule has 0 saturated heterocycles. The molecule has 0 atom stereocenters. The van der Waals surface area contributed by atoms with Crippen molar-refractivity contribution in [2.45, 2.75) is 6.54 Å². The fourth-order valence-corrected chi connectivity index (χ4v) is 4.44. The number of benzene rings is 3. The molecule has 0 unspecified atom stereocenters. The minimum atomic E-state index is -0.310. The fraction of sp³-hybridized carbons (Fsp3) is 0.0385. The van der Waals surface area contributed by atoms with Crippen LogP contribution in [-0.2, 0) is 11.3 Å². The number of hydrogen-bond donors (Lipinski definition) is 1. The molecule has 3 aromatic carbocycles. The lowest BCUT2D eigenvalue weighted by molar-refractivity contribution is -0.116. The minimum Gasteiger partial charge on any atom is -0.457 e. The maximum absolute atomic E-state index is 12.9. The van der Waals surface area contributed by atoms with E-state index in [-0.39, 0.29) is 18.0 Å². The zero-order valence-corrected chi connectivity index (χ0v) is 18.3. The summed E-state index contributed by atoms with van der Waals surface area (Å²) in [5, 5.41) is 4.74. The van der Waals surface area contributed by atoms with Crippen LogP contribution in [0.2, 0.25) is 0 Å². The van der Waals surface area contributed by atoms with Gasteiger partial charge in [0.2, 0.25) is 5.91 Å². The molecule has 1 N–H and O–H groups in total. The molecule has 0 aliphatic heterocycles. The first-order chi connectivity index (χ1) is 16.2. The third-order valence-electron chi connectivity index (χ3n) is 5.06. The summed E-state index contributed by atoms with van der Waals surface area (Å²) in [5.74, 6) is 1.09. The van der Waals surface area contributed by atoms with E-state index in [1.54, 1.807) is 24.3 Å². The van der Waals surface area contributed by atoms with Gasteiger partial charge in [0.1, 0.15) is 22.7 Å². The Morgan fingerprint density at radius 1 is 0.909 bits per heavy atom. The van der Waals surface area contributed by atoms with E-state index in [0.29, 0.717) is 21.7 Å². The highest BCUT2D eigenvalue weighted by molar-refractivity contribution is 7.17. The lowest BCUT2D eigenvalue weighted by Gasteiger charge is -2.09. The quantitative estimate of drug-likeness (QED) is 0.366. The van der Waals surface area contributed by atoms with Gasteiger partial charge in [-0.2, -0.15) is 0 Å². The molecule has 6 nitrogen and oxygen atoms in total. The largest absolute Gasteiger partial charge is 0.457 e. The average molecular weight is 454 g/mol. The van der Waals surface area contributed by atoms with Crippen LogP contribution >= 0.6 is 11.3 Å². The third-order valence-corrected chi connectivity index (χ3v) is 6.02. The third kappa shape index (κ3) is 4.53. The van der Waals surface area contributed by atoms with Crippen molar-refractivity contribution in [2.75, 3.05) is 5.32 Å². The molecular formula is C26H19N3O3S. The lowest BCUT2D eigenvalue weighted by Crippen LogP contribution is -2.27. The van der Waals surface area contributed by atoms with Crippen LogP contribution in [0.5, 0.6) is 11.5 Å². The van der Waals surface area contributed by atoms with E-state index >= 15 is 0 Å². The first-order valence-electron chi connectivity index (χ1n) is 10.3. The summed E-state index contributed by atoms with van der Waals surface area (Å²) in [6.45, 7) is -0.122. The van der Waals surface area contributed by atoms with Gasteiger partial charge < -0.3 is 10.1 Å². The summed E-state index contributed by atoms with van der Waals surface area (Å²) >= 11 is 1.34. The van der Waals surface area contributed by atoms with Crippen LogP contribution in [-0.4, -0.2) is 15.5 Å². The first-order valence-corrected chi connectivity index (χ1v) is 11.2. The van der Waals surface area contributed by atoms with Crippen molar-refractivity contribution in [1.82, 2.24) is 9.55 Å². The van der Waals surface area contributed by atoms with Crippen molar-refractivity contribution >= 4 is 33.1 Å². The van der Waals surface area contributed by atoms with Gasteiger partial charge >= 0.3 is 0 Å².